The molecule has 0 atom stereocenters. The van der Waals surface area contributed by atoms with Crippen LogP contribution < -0.4 is 22.1 Å². The van der Waals surface area contributed by atoms with Crippen molar-refractivity contribution in [2.24, 2.45) is 11.5 Å². The minimum Gasteiger partial charge on any atom is -0.366 e. The number of amides is 4. The fourth-order valence-electron chi connectivity index (χ4n) is 2.57. The van der Waals surface area contributed by atoms with Crippen LogP contribution in [-0.4, -0.2) is 17.8 Å². The molecule has 1 aromatic heterocycles. The smallest absolute Gasteiger partial charge is 0.317 e. The van der Waals surface area contributed by atoms with Gasteiger partial charge in [0, 0.05) is 5.56 Å². The summed E-state index contributed by atoms with van der Waals surface area (Å²) in [6, 6.07) is 17.3. The normalized spacial score (nSPS) is 10.2. The van der Waals surface area contributed by atoms with Gasteiger partial charge in [0.25, 0.3) is 11.8 Å². The number of nitrogens with one attached hydrogen (secondary N) is 2. The van der Waals surface area contributed by atoms with Crippen molar-refractivity contribution < 1.29 is 14.4 Å². The van der Waals surface area contributed by atoms with Gasteiger partial charge in [0.15, 0.2) is 0 Å². The second-order valence-corrected chi connectivity index (χ2v) is 6.62. The van der Waals surface area contributed by atoms with E-state index in [1.165, 1.54) is 6.07 Å². The summed E-state index contributed by atoms with van der Waals surface area (Å²) < 4.78 is 0. The van der Waals surface area contributed by atoms with Crippen LogP contribution in [0.4, 0.5) is 14.8 Å². The highest BCUT2D eigenvalue weighted by Gasteiger charge is 2.18. The first-order chi connectivity index (χ1) is 13.0. The van der Waals surface area contributed by atoms with Gasteiger partial charge in [-0.3, -0.25) is 14.9 Å². The van der Waals surface area contributed by atoms with E-state index in [-0.39, 0.29) is 16.5 Å². The number of benzene rings is 2. The molecule has 0 unspecified atom stereocenters. The van der Waals surface area contributed by atoms with E-state index in [0.717, 1.165) is 22.5 Å². The van der Waals surface area contributed by atoms with Crippen molar-refractivity contribution in [3.63, 3.8) is 0 Å². The van der Waals surface area contributed by atoms with Gasteiger partial charge in [-0.15, -0.1) is 0 Å². The predicted octanol–water partition coefficient (Wildman–Crippen LogP) is 3.26. The molecule has 136 valence electrons. The lowest BCUT2D eigenvalue weighted by Crippen LogP contribution is -2.21. The van der Waals surface area contributed by atoms with E-state index in [0.29, 0.717) is 10.6 Å². The van der Waals surface area contributed by atoms with Gasteiger partial charge in [-0.1, -0.05) is 59.9 Å². The summed E-state index contributed by atoms with van der Waals surface area (Å²) in [5.74, 6) is -1.09. The zero-order valence-electron chi connectivity index (χ0n) is 14.1. The summed E-state index contributed by atoms with van der Waals surface area (Å²) in [6.07, 6.45) is 0. The third-order valence-electron chi connectivity index (χ3n) is 3.73. The lowest BCUT2D eigenvalue weighted by Gasteiger charge is -2.09. The number of anilines is 2. The van der Waals surface area contributed by atoms with Crippen LogP contribution in [0.2, 0.25) is 0 Å². The zero-order valence-corrected chi connectivity index (χ0v) is 14.9. The number of carbonyl (C=O) groups is 3. The van der Waals surface area contributed by atoms with Gasteiger partial charge in [0.05, 0.1) is 10.6 Å². The second-order valence-electron chi connectivity index (χ2n) is 5.57. The Hall–Kier alpha value is -3.65. The highest BCUT2D eigenvalue weighted by molar-refractivity contribution is 7.20. The van der Waals surface area contributed by atoms with Gasteiger partial charge in [0.2, 0.25) is 0 Å². The molecule has 0 aliphatic heterocycles. The molecule has 8 heteroatoms. The van der Waals surface area contributed by atoms with Crippen LogP contribution in [0.15, 0.2) is 60.7 Å². The first-order valence-electron chi connectivity index (χ1n) is 7.91. The molecule has 0 radical (unpaired) electrons. The molecule has 1 heterocycles. The first kappa shape index (κ1) is 18.2. The lowest BCUT2D eigenvalue weighted by molar-refractivity contribution is 0.0997. The largest absolute Gasteiger partial charge is 0.366 e. The van der Waals surface area contributed by atoms with Crippen molar-refractivity contribution in [2.45, 2.75) is 0 Å². The molecule has 0 aliphatic rings. The van der Waals surface area contributed by atoms with Crippen LogP contribution in [0.1, 0.15) is 20.7 Å². The van der Waals surface area contributed by atoms with Gasteiger partial charge < -0.3 is 16.8 Å². The van der Waals surface area contributed by atoms with Crippen molar-refractivity contribution >= 4 is 39.2 Å². The van der Waals surface area contributed by atoms with Crippen LogP contribution in [0.5, 0.6) is 0 Å². The van der Waals surface area contributed by atoms with Gasteiger partial charge in [0.1, 0.15) is 5.00 Å². The highest BCUT2D eigenvalue weighted by Crippen LogP contribution is 2.33. The quantitative estimate of drug-likeness (QED) is 0.542. The molecule has 6 N–H and O–H groups in total. The molecule has 0 aliphatic carbocycles. The average molecular weight is 380 g/mol. The summed E-state index contributed by atoms with van der Waals surface area (Å²) in [5.41, 5.74) is 12.6. The molecular formula is C19H16N4O3S. The summed E-state index contributed by atoms with van der Waals surface area (Å²) in [6.45, 7) is 0. The SMILES string of the molecule is NC(=O)Nc1sc(NC(=O)c2ccccc2-c2ccccc2)cc1C(N)=O. The Morgan fingerprint density at radius 2 is 1.48 bits per heavy atom. The number of rotatable bonds is 5. The van der Waals surface area contributed by atoms with Gasteiger partial charge in [-0.2, -0.15) is 0 Å². The van der Waals surface area contributed by atoms with E-state index in [1.807, 2.05) is 42.5 Å². The molecular weight excluding hydrogens is 364 g/mol. The van der Waals surface area contributed by atoms with Crippen LogP contribution in [0, 0.1) is 0 Å². The molecule has 3 rings (SSSR count). The summed E-state index contributed by atoms with van der Waals surface area (Å²) in [5, 5.41) is 5.61. The minimum absolute atomic E-state index is 0.0745. The monoisotopic (exact) mass is 380 g/mol. The predicted molar refractivity (Wildman–Crippen MR) is 106 cm³/mol. The van der Waals surface area contributed by atoms with Crippen molar-refractivity contribution in [2.75, 3.05) is 10.6 Å². The molecule has 0 spiro atoms. The van der Waals surface area contributed by atoms with Crippen LogP contribution in [0.25, 0.3) is 11.1 Å². The minimum atomic E-state index is -0.827. The third kappa shape index (κ3) is 4.13. The number of hydrogen-bond acceptors (Lipinski definition) is 4. The number of hydrogen-bond donors (Lipinski definition) is 4. The van der Waals surface area contributed by atoms with Crippen LogP contribution in [-0.2, 0) is 0 Å². The maximum absolute atomic E-state index is 12.8. The Kier molecular flexibility index (Phi) is 5.18. The molecule has 4 amide bonds. The Morgan fingerprint density at radius 3 is 2.15 bits per heavy atom. The second kappa shape index (κ2) is 7.71. The van der Waals surface area contributed by atoms with E-state index in [2.05, 4.69) is 10.6 Å². The molecule has 0 saturated heterocycles. The first-order valence-corrected chi connectivity index (χ1v) is 8.73. The summed E-state index contributed by atoms with van der Waals surface area (Å²) in [4.78, 5) is 35.4. The average Bonchev–Trinajstić information content (AvgIpc) is 3.04. The molecule has 2 aromatic carbocycles. The number of thiophene rings is 1. The van der Waals surface area contributed by atoms with E-state index >= 15 is 0 Å². The maximum atomic E-state index is 12.8. The van der Waals surface area contributed by atoms with E-state index in [9.17, 15) is 14.4 Å². The Bertz CT molecular complexity index is 1010. The number of carbonyl (C=O) groups excluding carboxylic acids is 3. The van der Waals surface area contributed by atoms with Gasteiger partial charge in [-0.05, 0) is 23.3 Å². The topological polar surface area (TPSA) is 127 Å². The van der Waals surface area contributed by atoms with Gasteiger partial charge >= 0.3 is 6.03 Å². The van der Waals surface area contributed by atoms with E-state index < -0.39 is 11.9 Å². The standard InChI is InChI=1S/C19H16N4O3S/c20-16(24)14-10-15(27-18(14)23-19(21)26)22-17(25)13-9-5-4-8-12(13)11-6-2-1-3-7-11/h1-10H,(H2,20,24)(H,22,25)(H3,21,23,26). The Morgan fingerprint density at radius 1 is 0.815 bits per heavy atom. The fourth-order valence-corrected chi connectivity index (χ4v) is 3.53. The van der Waals surface area contributed by atoms with Crippen molar-refractivity contribution in [1.82, 2.24) is 0 Å². The molecule has 3 aromatic rings. The maximum Gasteiger partial charge on any atom is 0.317 e. The number of urea groups is 1. The van der Waals surface area contributed by atoms with Crippen LogP contribution >= 0.6 is 11.3 Å². The summed E-state index contributed by atoms with van der Waals surface area (Å²) in [7, 11) is 0. The molecule has 0 fully saturated rings. The highest BCUT2D eigenvalue weighted by atomic mass is 32.1. The fraction of sp³-hybridized carbons (Fsp3) is 0. The number of nitrogens with two attached hydrogens (primary N) is 2. The zero-order chi connectivity index (χ0) is 19.4. The van der Waals surface area contributed by atoms with Crippen molar-refractivity contribution in [1.29, 1.82) is 0 Å². The van der Waals surface area contributed by atoms with Crippen LogP contribution in [0.3, 0.4) is 0 Å². The van der Waals surface area contributed by atoms with E-state index in [4.69, 9.17) is 11.5 Å². The van der Waals surface area contributed by atoms with Gasteiger partial charge in [-0.25, -0.2) is 4.79 Å². The van der Waals surface area contributed by atoms with Crippen molar-refractivity contribution in [3.05, 3.63) is 71.8 Å². The molecule has 7 nitrogen and oxygen atoms in total. The van der Waals surface area contributed by atoms with Crippen molar-refractivity contribution in [3.8, 4) is 11.1 Å². The molecule has 0 bridgehead atoms. The molecule has 0 saturated carbocycles. The third-order valence-corrected chi connectivity index (χ3v) is 4.69. The lowest BCUT2D eigenvalue weighted by atomic mass is 9.99. The Balaban J connectivity index is 1.91. The van der Waals surface area contributed by atoms with E-state index in [1.54, 1.807) is 12.1 Å². The summed E-state index contributed by atoms with van der Waals surface area (Å²) >= 11 is 0.996. The molecule has 27 heavy (non-hydrogen) atoms. The Labute approximate surface area is 159 Å². The number of primary amides is 2.